The van der Waals surface area contributed by atoms with Crippen molar-refractivity contribution in [1.82, 2.24) is 9.29 Å². The molecule has 2 aliphatic carbocycles. The fourth-order valence-corrected chi connectivity index (χ4v) is 6.77. The molecule has 1 N–H and O–H groups in total. The minimum atomic E-state index is -3.59. The van der Waals surface area contributed by atoms with Gasteiger partial charge in [0, 0.05) is 36.5 Å². The van der Waals surface area contributed by atoms with Crippen LogP contribution in [0.25, 0.3) is 0 Å². The summed E-state index contributed by atoms with van der Waals surface area (Å²) in [6.45, 7) is 9.92. The zero-order valence-corrected chi connectivity index (χ0v) is 19.2. The van der Waals surface area contributed by atoms with Gasteiger partial charge in [-0.05, 0) is 54.7 Å². The highest BCUT2D eigenvalue weighted by Gasteiger charge is 2.37. The molecule has 7 heteroatoms. The Kier molecular flexibility index (Phi) is 5.58. The molecule has 4 rings (SSSR count). The molecule has 3 aliphatic rings. The number of aryl methyl sites for hydroxylation is 1. The maximum atomic E-state index is 13.4. The second kappa shape index (κ2) is 7.77. The first kappa shape index (κ1) is 21.5. The smallest absolute Gasteiger partial charge is 0.243 e. The van der Waals surface area contributed by atoms with E-state index in [2.05, 4.69) is 25.8 Å². The number of allylic oxidation sites excluding steroid dienone is 3. The first-order valence-corrected chi connectivity index (χ1v) is 12.2. The molecule has 1 aromatic heterocycles. The number of carbonyl (C=O) groups is 1. The summed E-state index contributed by atoms with van der Waals surface area (Å²) in [6.07, 6.45) is 6.38. The van der Waals surface area contributed by atoms with Crippen LogP contribution >= 0.6 is 0 Å². The molecule has 0 saturated carbocycles. The molecule has 1 aromatic rings. The summed E-state index contributed by atoms with van der Waals surface area (Å²) >= 11 is 0. The van der Waals surface area contributed by atoms with Gasteiger partial charge in [-0.1, -0.05) is 26.8 Å². The van der Waals surface area contributed by atoms with Crippen LogP contribution in [-0.4, -0.2) is 49.8 Å². The van der Waals surface area contributed by atoms with Crippen molar-refractivity contribution in [2.75, 3.05) is 26.3 Å². The molecule has 30 heavy (non-hydrogen) atoms. The van der Waals surface area contributed by atoms with Crippen molar-refractivity contribution in [3.63, 3.8) is 0 Å². The van der Waals surface area contributed by atoms with E-state index in [0.717, 1.165) is 40.9 Å². The number of fused-ring (bicyclic) bond motifs is 1. The topological polar surface area (TPSA) is 79.5 Å². The van der Waals surface area contributed by atoms with Crippen LogP contribution in [0.3, 0.4) is 0 Å². The number of nitrogens with one attached hydrogen (secondary N) is 1. The number of ether oxygens (including phenoxy) is 1. The Balaban J connectivity index is 1.76. The Bertz CT molecular complexity index is 1020. The molecule has 0 spiro atoms. The number of ketones is 1. The number of aromatic nitrogens is 1. The monoisotopic (exact) mass is 432 g/mol. The van der Waals surface area contributed by atoms with E-state index in [4.69, 9.17) is 4.74 Å². The van der Waals surface area contributed by atoms with Gasteiger partial charge in [0.1, 0.15) is 0 Å². The van der Waals surface area contributed by atoms with E-state index < -0.39 is 10.0 Å². The summed E-state index contributed by atoms with van der Waals surface area (Å²) in [4.78, 5) is 16.8. The SMILES string of the molecule is Cc1[nH]c2c(c1CC1=C(S(=O)(=O)N3CCOCC3)C=CCC1C)C(=O)CC(C)(C)C2. The molecular formula is C23H32N2O4S. The van der Waals surface area contributed by atoms with Gasteiger partial charge < -0.3 is 9.72 Å². The van der Waals surface area contributed by atoms with E-state index in [9.17, 15) is 13.2 Å². The van der Waals surface area contributed by atoms with Gasteiger partial charge in [0.05, 0.1) is 18.1 Å². The number of H-pyrrole nitrogens is 1. The summed E-state index contributed by atoms with van der Waals surface area (Å²) in [6, 6.07) is 0. The van der Waals surface area contributed by atoms with Crippen molar-refractivity contribution in [3.05, 3.63) is 45.1 Å². The molecule has 0 amide bonds. The normalized spacial score (nSPS) is 24.9. The summed E-state index contributed by atoms with van der Waals surface area (Å²) < 4.78 is 33.7. The van der Waals surface area contributed by atoms with Gasteiger partial charge in [0.15, 0.2) is 5.78 Å². The highest BCUT2D eigenvalue weighted by atomic mass is 32.2. The molecule has 0 bridgehead atoms. The van der Waals surface area contributed by atoms with Crippen LogP contribution in [0.2, 0.25) is 0 Å². The molecule has 1 aliphatic heterocycles. The van der Waals surface area contributed by atoms with Crippen molar-refractivity contribution < 1.29 is 17.9 Å². The Hall–Kier alpha value is -1.70. The number of sulfonamides is 1. The van der Waals surface area contributed by atoms with E-state index in [0.29, 0.717) is 44.1 Å². The highest BCUT2D eigenvalue weighted by Crippen LogP contribution is 2.40. The third kappa shape index (κ3) is 3.83. The Morgan fingerprint density at radius 1 is 1.23 bits per heavy atom. The Morgan fingerprint density at radius 2 is 1.93 bits per heavy atom. The van der Waals surface area contributed by atoms with Gasteiger partial charge in [-0.15, -0.1) is 0 Å². The number of morpholine rings is 1. The molecule has 164 valence electrons. The number of hydrogen-bond acceptors (Lipinski definition) is 4. The third-order valence-corrected chi connectivity index (χ3v) is 8.59. The Morgan fingerprint density at radius 3 is 2.63 bits per heavy atom. The first-order chi connectivity index (χ1) is 14.1. The fourth-order valence-electron chi connectivity index (χ4n) is 4.99. The van der Waals surface area contributed by atoms with Crippen LogP contribution in [0.1, 0.15) is 60.9 Å². The van der Waals surface area contributed by atoms with Crippen molar-refractivity contribution in [1.29, 1.82) is 0 Å². The van der Waals surface area contributed by atoms with E-state index in [1.54, 1.807) is 6.08 Å². The predicted molar refractivity (Wildman–Crippen MR) is 117 cm³/mol. The second-order valence-electron chi connectivity index (χ2n) is 9.64. The zero-order valence-electron chi connectivity index (χ0n) is 18.4. The van der Waals surface area contributed by atoms with Crippen LogP contribution in [0.4, 0.5) is 0 Å². The number of aromatic amines is 1. The lowest BCUT2D eigenvalue weighted by molar-refractivity contribution is 0.0734. The molecule has 0 aromatic carbocycles. The molecule has 1 unspecified atom stereocenters. The quantitative estimate of drug-likeness (QED) is 0.789. The molecule has 1 atom stereocenters. The van der Waals surface area contributed by atoms with Crippen LogP contribution in [0.15, 0.2) is 22.6 Å². The summed E-state index contributed by atoms with van der Waals surface area (Å²) in [5.74, 6) is 0.277. The number of carbonyl (C=O) groups excluding carboxylic acids is 1. The van der Waals surface area contributed by atoms with E-state index in [-0.39, 0.29) is 17.1 Å². The van der Waals surface area contributed by atoms with Crippen molar-refractivity contribution >= 4 is 15.8 Å². The zero-order chi connectivity index (χ0) is 21.7. The maximum absolute atomic E-state index is 13.4. The van der Waals surface area contributed by atoms with Crippen LogP contribution < -0.4 is 0 Å². The number of Topliss-reactive ketones (excluding diaryl/α,β-unsaturated/α-hetero) is 1. The van der Waals surface area contributed by atoms with Gasteiger partial charge >= 0.3 is 0 Å². The second-order valence-corrected chi connectivity index (χ2v) is 11.6. The van der Waals surface area contributed by atoms with Gasteiger partial charge in [-0.25, -0.2) is 8.42 Å². The van der Waals surface area contributed by atoms with Gasteiger partial charge in [0.25, 0.3) is 0 Å². The van der Waals surface area contributed by atoms with Crippen molar-refractivity contribution in [2.45, 2.75) is 53.4 Å². The van der Waals surface area contributed by atoms with Gasteiger partial charge in [-0.3, -0.25) is 4.79 Å². The van der Waals surface area contributed by atoms with Crippen LogP contribution in [-0.2, 0) is 27.6 Å². The fraction of sp³-hybridized carbons (Fsp3) is 0.609. The lowest BCUT2D eigenvalue weighted by Crippen LogP contribution is -2.41. The molecule has 0 radical (unpaired) electrons. The summed E-state index contributed by atoms with van der Waals surface area (Å²) in [7, 11) is -3.59. The average Bonchev–Trinajstić information content (AvgIpc) is 2.98. The van der Waals surface area contributed by atoms with Crippen LogP contribution in [0, 0.1) is 18.3 Å². The standard InChI is InChI=1S/C23H32N2O4S/c1-15-6-5-7-21(30(27,28)25-8-10-29-11-9-25)17(15)12-18-16(2)24-19-13-23(3,4)14-20(26)22(18)19/h5,7,15,24H,6,8-14H2,1-4H3. The largest absolute Gasteiger partial charge is 0.379 e. The highest BCUT2D eigenvalue weighted by molar-refractivity contribution is 7.93. The first-order valence-electron chi connectivity index (χ1n) is 10.8. The van der Waals surface area contributed by atoms with E-state index >= 15 is 0 Å². The van der Waals surface area contributed by atoms with E-state index in [1.165, 1.54) is 4.31 Å². The molecule has 2 heterocycles. The average molecular weight is 433 g/mol. The molecule has 1 fully saturated rings. The van der Waals surface area contributed by atoms with E-state index in [1.807, 2.05) is 13.0 Å². The number of nitrogens with zero attached hydrogens (tertiary/aromatic N) is 1. The Labute approximate surface area is 179 Å². The lowest BCUT2D eigenvalue weighted by Gasteiger charge is -2.30. The van der Waals surface area contributed by atoms with Crippen molar-refractivity contribution in [3.8, 4) is 0 Å². The lowest BCUT2D eigenvalue weighted by atomic mass is 9.75. The minimum Gasteiger partial charge on any atom is -0.379 e. The number of rotatable bonds is 4. The maximum Gasteiger partial charge on any atom is 0.243 e. The van der Waals surface area contributed by atoms with Gasteiger partial charge in [0.2, 0.25) is 10.0 Å². The molecule has 6 nitrogen and oxygen atoms in total. The van der Waals surface area contributed by atoms with Crippen LogP contribution in [0.5, 0.6) is 0 Å². The molecule has 1 saturated heterocycles. The van der Waals surface area contributed by atoms with Gasteiger partial charge in [-0.2, -0.15) is 4.31 Å². The summed E-state index contributed by atoms with van der Waals surface area (Å²) in [5.41, 5.74) is 4.60. The van der Waals surface area contributed by atoms with Crippen molar-refractivity contribution in [2.24, 2.45) is 11.3 Å². The number of hydrogen-bond donors (Lipinski definition) is 1. The molecular weight excluding hydrogens is 400 g/mol. The predicted octanol–water partition coefficient (Wildman–Crippen LogP) is 3.53. The third-order valence-electron chi connectivity index (χ3n) is 6.59. The minimum absolute atomic E-state index is 0.0520. The summed E-state index contributed by atoms with van der Waals surface area (Å²) in [5, 5.41) is 0.